The maximum atomic E-state index is 14.2. The van der Waals surface area contributed by atoms with Gasteiger partial charge in [-0.3, -0.25) is 0 Å². The van der Waals surface area contributed by atoms with E-state index in [1.165, 1.54) is 0 Å². The molecule has 100 valence electrons. The van der Waals surface area contributed by atoms with Crippen molar-refractivity contribution in [2.24, 2.45) is 5.92 Å². The van der Waals surface area contributed by atoms with Crippen molar-refractivity contribution in [1.29, 1.82) is 0 Å². The van der Waals surface area contributed by atoms with Gasteiger partial charge in [0, 0.05) is 12.0 Å². The smallest absolute Gasteiger partial charge is 0.273 e. The van der Waals surface area contributed by atoms with Crippen LogP contribution in [0.5, 0.6) is 0 Å². The summed E-state index contributed by atoms with van der Waals surface area (Å²) in [5.41, 5.74) is 1.27. The second-order valence-corrected chi connectivity index (χ2v) is 5.15. The fourth-order valence-electron chi connectivity index (χ4n) is 2.55. The fourth-order valence-corrected chi connectivity index (χ4v) is 2.55. The molecule has 1 fully saturated rings. The Morgan fingerprint density at radius 3 is 2.33 bits per heavy atom. The van der Waals surface area contributed by atoms with Crippen LogP contribution in [0, 0.1) is 5.92 Å². The molecule has 1 heterocycles. The molecule has 1 aromatic rings. The van der Waals surface area contributed by atoms with E-state index in [1.54, 1.807) is 12.1 Å². The van der Waals surface area contributed by atoms with Crippen molar-refractivity contribution in [2.75, 3.05) is 13.1 Å². The Labute approximate surface area is 108 Å². The van der Waals surface area contributed by atoms with Crippen LogP contribution in [-0.2, 0) is 12.3 Å². The van der Waals surface area contributed by atoms with Crippen molar-refractivity contribution < 1.29 is 8.78 Å². The van der Waals surface area contributed by atoms with Crippen LogP contribution in [-0.4, -0.2) is 13.1 Å². The molecule has 0 spiro atoms. The van der Waals surface area contributed by atoms with Crippen LogP contribution in [0.1, 0.15) is 37.3 Å². The van der Waals surface area contributed by atoms with Crippen LogP contribution >= 0.6 is 0 Å². The summed E-state index contributed by atoms with van der Waals surface area (Å²) >= 11 is 0. The first-order valence-electron chi connectivity index (χ1n) is 6.80. The highest BCUT2D eigenvalue weighted by Crippen LogP contribution is 2.37. The molecule has 18 heavy (non-hydrogen) atoms. The number of aryl methyl sites for hydroxylation is 1. The number of alkyl halides is 2. The topological polar surface area (TPSA) is 12.0 Å². The molecular weight excluding hydrogens is 232 g/mol. The summed E-state index contributed by atoms with van der Waals surface area (Å²) in [5.74, 6) is -2.54. The SMILES string of the molecule is CCc1ccc(C(F)(F)CC2CCNCC2)cc1. The predicted octanol–water partition coefficient (Wildman–Crippen LogP) is 3.73. The molecule has 2 rings (SSSR count). The highest BCUT2D eigenvalue weighted by atomic mass is 19.3. The molecule has 0 radical (unpaired) electrons. The molecule has 1 nitrogen and oxygen atoms in total. The van der Waals surface area contributed by atoms with Crippen LogP contribution in [0.2, 0.25) is 0 Å². The van der Waals surface area contributed by atoms with Gasteiger partial charge in [-0.05, 0) is 43.8 Å². The van der Waals surface area contributed by atoms with E-state index in [2.05, 4.69) is 5.32 Å². The first kappa shape index (κ1) is 13.5. The number of benzene rings is 1. The third-order valence-electron chi connectivity index (χ3n) is 3.79. The Morgan fingerprint density at radius 1 is 1.17 bits per heavy atom. The van der Waals surface area contributed by atoms with E-state index in [1.807, 2.05) is 19.1 Å². The minimum absolute atomic E-state index is 0.0137. The van der Waals surface area contributed by atoms with Crippen molar-refractivity contribution in [3.8, 4) is 0 Å². The third kappa shape index (κ3) is 3.29. The van der Waals surface area contributed by atoms with Gasteiger partial charge in [-0.25, -0.2) is 8.78 Å². The zero-order valence-electron chi connectivity index (χ0n) is 10.9. The van der Waals surface area contributed by atoms with Crippen molar-refractivity contribution in [2.45, 2.75) is 38.5 Å². The molecule has 1 N–H and O–H groups in total. The molecule has 0 unspecified atom stereocenters. The maximum absolute atomic E-state index is 14.2. The molecule has 0 amide bonds. The summed E-state index contributed by atoms with van der Waals surface area (Å²) in [4.78, 5) is 0. The van der Waals surface area contributed by atoms with Crippen molar-refractivity contribution in [1.82, 2.24) is 5.32 Å². The first-order valence-corrected chi connectivity index (χ1v) is 6.80. The van der Waals surface area contributed by atoms with Crippen LogP contribution in [0.3, 0.4) is 0 Å². The Hall–Kier alpha value is -0.960. The summed E-state index contributed by atoms with van der Waals surface area (Å²) in [6, 6.07) is 6.79. The Morgan fingerprint density at radius 2 is 1.78 bits per heavy atom. The minimum Gasteiger partial charge on any atom is -0.317 e. The van der Waals surface area contributed by atoms with Gasteiger partial charge in [0.2, 0.25) is 0 Å². The van der Waals surface area contributed by atoms with Crippen LogP contribution in [0.25, 0.3) is 0 Å². The van der Waals surface area contributed by atoms with Crippen LogP contribution < -0.4 is 5.32 Å². The van der Waals surface area contributed by atoms with E-state index < -0.39 is 5.92 Å². The third-order valence-corrected chi connectivity index (χ3v) is 3.79. The molecule has 0 atom stereocenters. The Balaban J connectivity index is 2.03. The molecule has 1 aromatic carbocycles. The highest BCUT2D eigenvalue weighted by Gasteiger charge is 2.34. The summed E-state index contributed by atoms with van der Waals surface area (Å²) < 4.78 is 28.3. The fraction of sp³-hybridized carbons (Fsp3) is 0.600. The number of hydrogen-bond donors (Lipinski definition) is 1. The lowest BCUT2D eigenvalue weighted by molar-refractivity contribution is -0.0326. The molecule has 1 saturated heterocycles. The van der Waals surface area contributed by atoms with E-state index in [9.17, 15) is 8.78 Å². The van der Waals surface area contributed by atoms with Gasteiger partial charge in [0.05, 0.1) is 0 Å². The van der Waals surface area contributed by atoms with E-state index in [0.717, 1.165) is 37.9 Å². The zero-order valence-corrected chi connectivity index (χ0v) is 10.9. The second kappa shape index (κ2) is 5.79. The zero-order chi connectivity index (χ0) is 13.0. The number of hydrogen-bond acceptors (Lipinski definition) is 1. The number of rotatable bonds is 4. The Bertz CT molecular complexity index is 367. The van der Waals surface area contributed by atoms with Gasteiger partial charge in [-0.1, -0.05) is 31.2 Å². The van der Waals surface area contributed by atoms with Gasteiger partial charge in [0.15, 0.2) is 0 Å². The van der Waals surface area contributed by atoms with Gasteiger partial charge in [-0.2, -0.15) is 0 Å². The van der Waals surface area contributed by atoms with E-state index in [-0.39, 0.29) is 17.9 Å². The van der Waals surface area contributed by atoms with Crippen molar-refractivity contribution in [3.05, 3.63) is 35.4 Å². The number of piperidine rings is 1. The van der Waals surface area contributed by atoms with Gasteiger partial charge >= 0.3 is 0 Å². The molecule has 0 saturated carbocycles. The molecule has 3 heteroatoms. The lowest BCUT2D eigenvalue weighted by Crippen LogP contribution is -2.30. The first-order chi connectivity index (χ1) is 8.62. The quantitative estimate of drug-likeness (QED) is 0.862. The van der Waals surface area contributed by atoms with Gasteiger partial charge in [-0.15, -0.1) is 0 Å². The highest BCUT2D eigenvalue weighted by molar-refractivity contribution is 5.25. The second-order valence-electron chi connectivity index (χ2n) is 5.15. The molecule has 0 aliphatic carbocycles. The van der Waals surface area contributed by atoms with E-state index in [0.29, 0.717) is 0 Å². The minimum atomic E-state index is -2.69. The van der Waals surface area contributed by atoms with Gasteiger partial charge in [0.1, 0.15) is 0 Å². The van der Waals surface area contributed by atoms with Crippen molar-refractivity contribution in [3.63, 3.8) is 0 Å². The summed E-state index contributed by atoms with van der Waals surface area (Å²) in [6.45, 7) is 3.77. The number of nitrogens with one attached hydrogen (secondary N) is 1. The predicted molar refractivity (Wildman–Crippen MR) is 69.9 cm³/mol. The lowest BCUT2D eigenvalue weighted by Gasteiger charge is -2.27. The largest absolute Gasteiger partial charge is 0.317 e. The maximum Gasteiger partial charge on any atom is 0.273 e. The van der Waals surface area contributed by atoms with Crippen molar-refractivity contribution >= 4 is 0 Å². The summed E-state index contributed by atoms with van der Waals surface area (Å²) in [5, 5.41) is 3.21. The number of halogens is 2. The molecular formula is C15H21F2N. The van der Waals surface area contributed by atoms with Crippen LogP contribution in [0.4, 0.5) is 8.78 Å². The monoisotopic (exact) mass is 253 g/mol. The Kier molecular flexibility index (Phi) is 4.33. The van der Waals surface area contributed by atoms with Gasteiger partial charge < -0.3 is 5.32 Å². The lowest BCUT2D eigenvalue weighted by atomic mass is 9.89. The van der Waals surface area contributed by atoms with Gasteiger partial charge in [0.25, 0.3) is 5.92 Å². The molecule has 1 aliphatic rings. The van der Waals surface area contributed by atoms with Crippen LogP contribution in [0.15, 0.2) is 24.3 Å². The van der Waals surface area contributed by atoms with E-state index in [4.69, 9.17) is 0 Å². The molecule has 1 aliphatic heterocycles. The molecule has 0 bridgehead atoms. The summed E-state index contributed by atoms with van der Waals surface area (Å²) in [7, 11) is 0. The average molecular weight is 253 g/mol. The average Bonchev–Trinajstić information content (AvgIpc) is 2.39. The van der Waals surface area contributed by atoms with E-state index >= 15 is 0 Å². The standard InChI is InChI=1S/C15H21F2N/c1-2-12-3-5-14(6-4-12)15(16,17)11-13-7-9-18-10-8-13/h3-6,13,18H,2,7-11H2,1H3. The molecule has 0 aromatic heterocycles. The normalized spacial score (nSPS) is 17.9. The summed E-state index contributed by atoms with van der Waals surface area (Å²) in [6.07, 6.45) is 2.60.